The van der Waals surface area contributed by atoms with E-state index in [1.807, 2.05) is 12.1 Å². The van der Waals surface area contributed by atoms with E-state index in [0.717, 1.165) is 11.1 Å². The fraction of sp³-hybridized carbons (Fsp3) is 0.184. The number of nitrogens with one attached hydrogen (secondary N) is 1. The molecule has 0 aliphatic carbocycles. The number of pyridine rings is 1. The first-order valence-corrected chi connectivity index (χ1v) is 16.8. The molecule has 52 heavy (non-hydrogen) atoms. The number of hydrogen-bond donors (Lipinski definition) is 3. The number of carbonyl (C=O) groups excluding carboxylic acids is 1. The van der Waals surface area contributed by atoms with E-state index in [1.165, 1.54) is 24.0 Å². The maximum Gasteiger partial charge on any atom is 0.338 e. The van der Waals surface area contributed by atoms with E-state index in [2.05, 4.69) is 10.3 Å². The van der Waals surface area contributed by atoms with Crippen molar-refractivity contribution in [1.29, 1.82) is 0 Å². The average molecular weight is 737 g/mol. The maximum atomic E-state index is 14.2. The minimum Gasteiger partial charge on any atom is -0.478 e. The smallest absolute Gasteiger partial charge is 0.338 e. The molecule has 1 aliphatic heterocycles. The van der Waals surface area contributed by atoms with Crippen molar-refractivity contribution in [2.75, 3.05) is 5.75 Å². The number of nitrogens with zero attached hydrogens (tertiary/aromatic N) is 1. The molecule has 8 nitrogen and oxygen atoms in total. The van der Waals surface area contributed by atoms with Gasteiger partial charge in [-0.1, -0.05) is 72.8 Å². The molecule has 1 saturated heterocycles. The molecule has 2 heterocycles. The van der Waals surface area contributed by atoms with Gasteiger partial charge in [-0.05, 0) is 39.9 Å². The Balaban J connectivity index is 1.21. The van der Waals surface area contributed by atoms with E-state index >= 15 is 0 Å². The van der Waals surface area contributed by atoms with Gasteiger partial charge in [0, 0.05) is 30.5 Å². The third kappa shape index (κ3) is 7.84. The van der Waals surface area contributed by atoms with Gasteiger partial charge >= 0.3 is 5.97 Å². The van der Waals surface area contributed by atoms with Crippen LogP contribution in [0, 0.1) is 29.1 Å². The van der Waals surface area contributed by atoms with Crippen molar-refractivity contribution < 1.29 is 51.2 Å². The molecular weight excluding hydrogens is 707 g/mol. The van der Waals surface area contributed by atoms with Gasteiger partial charge in [-0.3, -0.25) is 4.79 Å². The van der Waals surface area contributed by atoms with Gasteiger partial charge in [0.2, 0.25) is 5.82 Å². The summed E-state index contributed by atoms with van der Waals surface area (Å²) in [5, 5.41) is 21.7. The first kappa shape index (κ1) is 36.6. The number of carboxylic acid groups (broad SMARTS) is 1. The van der Waals surface area contributed by atoms with Crippen molar-refractivity contribution in [3.63, 3.8) is 0 Å². The summed E-state index contributed by atoms with van der Waals surface area (Å²) >= 11 is 1.26. The molecule has 1 aliphatic rings. The predicted molar refractivity (Wildman–Crippen MR) is 180 cm³/mol. The molecule has 3 N–H and O–H groups in total. The molecule has 5 aromatic rings. The number of benzene rings is 4. The molecule has 1 amide bonds. The number of rotatable bonds is 11. The topological polar surface area (TPSA) is 118 Å². The number of aromatic carboxylic acids is 1. The Morgan fingerprint density at radius 1 is 0.808 bits per heavy atom. The summed E-state index contributed by atoms with van der Waals surface area (Å²) in [5.74, 6) is -13.4. The van der Waals surface area contributed by atoms with Gasteiger partial charge in [0.1, 0.15) is 10.6 Å². The molecule has 0 radical (unpaired) electrons. The molecule has 4 aromatic carbocycles. The van der Waals surface area contributed by atoms with Crippen LogP contribution in [0.2, 0.25) is 0 Å². The highest BCUT2D eigenvalue weighted by Crippen LogP contribution is 2.40. The van der Waals surface area contributed by atoms with Crippen LogP contribution >= 0.6 is 11.8 Å². The summed E-state index contributed by atoms with van der Waals surface area (Å²) in [7, 11) is 0. The van der Waals surface area contributed by atoms with E-state index < -0.39 is 58.9 Å². The first-order chi connectivity index (χ1) is 25.0. The Labute approximate surface area is 298 Å². The van der Waals surface area contributed by atoms with Crippen LogP contribution in [0.4, 0.5) is 22.0 Å². The minimum atomic E-state index is -2.36. The lowest BCUT2D eigenvalue weighted by Crippen LogP contribution is -2.31. The SMILES string of the molecule is O=C(O)c1cccnc1SCC1CC(c2ccc(CO)cc2)OC(c2ccc(-c3ccccc3CNC(=O)c3c(F)c(F)c(F)c(F)c3F)cc2)O1. The molecule has 3 unspecified atom stereocenters. The van der Waals surface area contributed by atoms with Gasteiger partial charge in [-0.2, -0.15) is 0 Å². The van der Waals surface area contributed by atoms with Crippen molar-refractivity contribution in [3.05, 3.63) is 154 Å². The zero-order valence-electron chi connectivity index (χ0n) is 27.0. The van der Waals surface area contributed by atoms with Crippen LogP contribution in [-0.2, 0) is 22.6 Å². The maximum absolute atomic E-state index is 14.2. The number of thioether (sulfide) groups is 1. The van der Waals surface area contributed by atoms with Crippen LogP contribution in [0.1, 0.15) is 61.8 Å². The number of aliphatic hydroxyl groups excluding tert-OH is 1. The average Bonchev–Trinajstić information content (AvgIpc) is 3.18. The third-order valence-electron chi connectivity index (χ3n) is 8.41. The normalized spacial score (nSPS) is 17.2. The second-order valence-corrected chi connectivity index (χ2v) is 12.7. The molecule has 0 saturated carbocycles. The van der Waals surface area contributed by atoms with Gasteiger partial charge < -0.3 is 25.0 Å². The summed E-state index contributed by atoms with van der Waals surface area (Å²) < 4.78 is 82.1. The highest BCUT2D eigenvalue weighted by Gasteiger charge is 2.33. The number of hydrogen-bond acceptors (Lipinski definition) is 7. The minimum absolute atomic E-state index is 0.0836. The number of aliphatic hydroxyl groups is 1. The third-order valence-corrected chi connectivity index (χ3v) is 9.55. The second-order valence-electron chi connectivity index (χ2n) is 11.7. The Morgan fingerprint density at radius 3 is 2.13 bits per heavy atom. The molecule has 1 fully saturated rings. The monoisotopic (exact) mass is 736 g/mol. The fourth-order valence-electron chi connectivity index (χ4n) is 5.71. The van der Waals surface area contributed by atoms with Crippen LogP contribution in [0.15, 0.2) is 96.2 Å². The van der Waals surface area contributed by atoms with Gasteiger partial charge in [0.15, 0.2) is 29.6 Å². The highest BCUT2D eigenvalue weighted by molar-refractivity contribution is 7.99. The first-order valence-electron chi connectivity index (χ1n) is 15.8. The molecular formula is C38H29F5N2O6S. The number of carboxylic acids is 1. The highest BCUT2D eigenvalue weighted by atomic mass is 32.2. The van der Waals surface area contributed by atoms with Crippen LogP contribution < -0.4 is 5.32 Å². The molecule has 0 bridgehead atoms. The lowest BCUT2D eigenvalue weighted by molar-refractivity contribution is -0.245. The van der Waals surface area contributed by atoms with Crippen molar-refractivity contribution in [2.24, 2.45) is 0 Å². The largest absolute Gasteiger partial charge is 0.478 e. The van der Waals surface area contributed by atoms with Gasteiger partial charge in [-0.25, -0.2) is 31.7 Å². The number of amides is 1. The van der Waals surface area contributed by atoms with Crippen molar-refractivity contribution in [1.82, 2.24) is 10.3 Å². The molecule has 1 aromatic heterocycles. The van der Waals surface area contributed by atoms with E-state index in [0.29, 0.717) is 39.5 Å². The van der Waals surface area contributed by atoms with Crippen LogP contribution in [0.25, 0.3) is 11.1 Å². The zero-order chi connectivity index (χ0) is 36.9. The summed E-state index contributed by atoms with van der Waals surface area (Å²) in [4.78, 5) is 28.5. The summed E-state index contributed by atoms with van der Waals surface area (Å²) in [6.45, 7) is -0.402. The number of ether oxygens (including phenoxy) is 2. The number of halogens is 5. The molecule has 268 valence electrons. The van der Waals surface area contributed by atoms with E-state index in [-0.39, 0.29) is 24.8 Å². The summed E-state index contributed by atoms with van der Waals surface area (Å²) in [6.07, 6.45) is 0.376. The van der Waals surface area contributed by atoms with Crippen LogP contribution in [-0.4, -0.2) is 38.9 Å². The molecule has 3 atom stereocenters. The summed E-state index contributed by atoms with van der Waals surface area (Å²) in [5.41, 5.74) is 2.57. The fourth-order valence-corrected chi connectivity index (χ4v) is 6.71. The van der Waals surface area contributed by atoms with Crippen molar-refractivity contribution in [2.45, 2.75) is 43.1 Å². The Kier molecular flexibility index (Phi) is 11.3. The van der Waals surface area contributed by atoms with E-state index in [1.54, 1.807) is 66.7 Å². The van der Waals surface area contributed by atoms with Crippen LogP contribution in [0.5, 0.6) is 0 Å². The quantitative estimate of drug-likeness (QED) is 0.0543. The second kappa shape index (κ2) is 16.0. The zero-order valence-corrected chi connectivity index (χ0v) is 27.8. The van der Waals surface area contributed by atoms with E-state index in [4.69, 9.17) is 9.47 Å². The summed E-state index contributed by atoms with van der Waals surface area (Å²) in [6, 6.07) is 24.3. The standard InChI is InChI=1S/C38H29F5N2O6S/c39-30-29(31(40)33(42)34(43)32(30)41)35(47)45-17-24-4-1-2-5-26(24)21-11-13-23(14-12-21)38-50-25(19-52-36-27(37(48)49)6-3-15-44-36)16-28(51-38)22-9-7-20(18-46)8-10-22/h1-15,25,28,38,46H,16-19H2,(H,45,47)(H,48,49). The van der Waals surface area contributed by atoms with Crippen molar-refractivity contribution in [3.8, 4) is 11.1 Å². The van der Waals surface area contributed by atoms with Gasteiger partial charge in [0.25, 0.3) is 5.91 Å². The predicted octanol–water partition coefficient (Wildman–Crippen LogP) is 7.90. The van der Waals surface area contributed by atoms with Crippen molar-refractivity contribution >= 4 is 23.6 Å². The van der Waals surface area contributed by atoms with Crippen LogP contribution in [0.3, 0.4) is 0 Å². The van der Waals surface area contributed by atoms with E-state index in [9.17, 15) is 41.8 Å². The lowest BCUT2D eigenvalue weighted by atomic mass is 9.97. The number of carbonyl (C=O) groups is 2. The Bertz CT molecular complexity index is 2070. The Morgan fingerprint density at radius 2 is 1.46 bits per heavy atom. The molecule has 0 spiro atoms. The van der Waals surface area contributed by atoms with Gasteiger partial charge in [0.05, 0.1) is 24.4 Å². The van der Waals surface area contributed by atoms with Gasteiger partial charge in [-0.15, -0.1) is 11.8 Å². The Hall–Kier alpha value is -5.15. The lowest BCUT2D eigenvalue weighted by Gasteiger charge is -2.36. The molecule has 14 heteroatoms. The molecule has 6 rings (SSSR count). The number of aromatic nitrogens is 1.